The maximum absolute atomic E-state index is 12.9. The Kier molecular flexibility index (Phi) is 9.90. The van der Waals surface area contributed by atoms with E-state index in [9.17, 15) is 9.59 Å². The third kappa shape index (κ3) is 7.56. The second-order valence-corrected chi connectivity index (χ2v) is 7.99. The summed E-state index contributed by atoms with van der Waals surface area (Å²) in [5, 5.41) is 12.3. The number of allylic oxidation sites excluding steroid dienone is 1. The molecule has 0 radical (unpaired) electrons. The summed E-state index contributed by atoms with van der Waals surface area (Å²) in [4.78, 5) is 24.6. The van der Waals surface area contributed by atoms with Crippen molar-refractivity contribution >= 4 is 23.5 Å². The summed E-state index contributed by atoms with van der Waals surface area (Å²) in [5.41, 5.74) is 2.25. The van der Waals surface area contributed by atoms with Crippen LogP contribution in [0.3, 0.4) is 0 Å². The third-order valence-electron chi connectivity index (χ3n) is 5.17. The van der Waals surface area contributed by atoms with Gasteiger partial charge in [-0.1, -0.05) is 35.9 Å². The minimum absolute atomic E-state index is 0.0652. The number of aliphatic hydroxyl groups excluding tert-OH is 1. The van der Waals surface area contributed by atoms with Crippen molar-refractivity contribution in [3.8, 4) is 0 Å². The summed E-state index contributed by atoms with van der Waals surface area (Å²) in [6.45, 7) is 1.02. The fraction of sp³-hybridized carbons (Fsp3) is 0.360. The van der Waals surface area contributed by atoms with E-state index in [-0.39, 0.29) is 37.4 Å². The number of aliphatic hydroxyl groups is 1. The lowest BCUT2D eigenvalue weighted by Crippen LogP contribution is -2.33. The molecular weight excluding hydrogens is 462 g/mol. The predicted octanol–water partition coefficient (Wildman–Crippen LogP) is 3.18. The molecule has 2 atom stereocenters. The Labute approximate surface area is 203 Å². The Bertz CT molecular complexity index is 976. The Morgan fingerprint density at radius 2 is 1.82 bits per heavy atom. The zero-order valence-corrected chi connectivity index (χ0v) is 19.6. The highest BCUT2D eigenvalue weighted by atomic mass is 35.5. The molecule has 2 N–H and O–H groups in total. The molecule has 1 aliphatic rings. The van der Waals surface area contributed by atoms with E-state index < -0.39 is 12.3 Å². The molecule has 0 unspecified atom stereocenters. The van der Waals surface area contributed by atoms with Crippen molar-refractivity contribution in [1.29, 1.82) is 0 Å². The van der Waals surface area contributed by atoms with E-state index in [1.165, 1.54) is 7.11 Å². The molecule has 8 nitrogen and oxygen atoms in total. The summed E-state index contributed by atoms with van der Waals surface area (Å²) in [6.07, 6.45) is 1.57. The van der Waals surface area contributed by atoms with E-state index in [1.807, 2.05) is 24.3 Å². The van der Waals surface area contributed by atoms with E-state index in [4.69, 9.17) is 35.7 Å². The average Bonchev–Trinajstić information content (AvgIpc) is 2.87. The lowest BCUT2D eigenvalue weighted by molar-refractivity contribution is -0.151. The van der Waals surface area contributed by atoms with Gasteiger partial charge in [-0.3, -0.25) is 4.79 Å². The maximum Gasteiger partial charge on any atom is 0.337 e. The largest absolute Gasteiger partial charge is 0.465 e. The molecule has 0 spiro atoms. The second-order valence-electron chi connectivity index (χ2n) is 7.55. The number of hydrogen-bond donors (Lipinski definition) is 2. The van der Waals surface area contributed by atoms with Crippen LogP contribution in [0.2, 0.25) is 5.02 Å². The standard InChI is InChI=1S/C25H28ClNO7/c1-31-25(30)19-6-4-18(5-7-19)20-14-22(34-23(15-20)33-13-12-32-11-10-28)24(29)27-16-17-2-8-21(26)9-3-17/h2-9,14,20,23,28H,10-13,15-16H2,1H3,(H,27,29)/t20-,23+/m0/s1. The predicted molar refractivity (Wildman–Crippen MR) is 125 cm³/mol. The number of esters is 1. The normalized spacial score (nSPS) is 17.4. The van der Waals surface area contributed by atoms with E-state index in [0.29, 0.717) is 30.2 Å². The van der Waals surface area contributed by atoms with Gasteiger partial charge in [0.25, 0.3) is 5.91 Å². The van der Waals surface area contributed by atoms with Crippen molar-refractivity contribution < 1.29 is 33.6 Å². The van der Waals surface area contributed by atoms with Crippen LogP contribution < -0.4 is 5.32 Å². The Balaban J connectivity index is 1.70. The molecule has 0 aromatic heterocycles. The molecule has 2 aromatic rings. The van der Waals surface area contributed by atoms with Crippen LogP contribution in [0.5, 0.6) is 0 Å². The zero-order valence-electron chi connectivity index (χ0n) is 18.9. The highest BCUT2D eigenvalue weighted by Crippen LogP contribution is 2.31. The average molecular weight is 490 g/mol. The van der Waals surface area contributed by atoms with Gasteiger partial charge in [-0.25, -0.2) is 4.79 Å². The van der Waals surface area contributed by atoms with Crippen molar-refractivity contribution in [3.63, 3.8) is 0 Å². The second kappa shape index (κ2) is 13.1. The molecule has 0 aliphatic carbocycles. The van der Waals surface area contributed by atoms with Gasteiger partial charge in [0.15, 0.2) is 5.76 Å². The van der Waals surface area contributed by atoms with Gasteiger partial charge < -0.3 is 29.4 Å². The van der Waals surface area contributed by atoms with Crippen LogP contribution >= 0.6 is 11.6 Å². The topological polar surface area (TPSA) is 103 Å². The van der Waals surface area contributed by atoms with Gasteiger partial charge in [0.1, 0.15) is 0 Å². The summed E-state index contributed by atoms with van der Waals surface area (Å²) >= 11 is 5.91. The number of nitrogens with one attached hydrogen (secondary N) is 1. The molecule has 3 rings (SSSR count). The van der Waals surface area contributed by atoms with Gasteiger partial charge in [-0.2, -0.15) is 0 Å². The van der Waals surface area contributed by atoms with Crippen LogP contribution in [0.15, 0.2) is 60.4 Å². The molecule has 1 amide bonds. The van der Waals surface area contributed by atoms with Crippen LogP contribution in [-0.2, 0) is 30.3 Å². The number of benzene rings is 2. The molecule has 0 fully saturated rings. The highest BCUT2D eigenvalue weighted by molar-refractivity contribution is 6.30. The molecule has 182 valence electrons. The lowest BCUT2D eigenvalue weighted by atomic mass is 9.92. The first kappa shape index (κ1) is 25.7. The first-order valence-electron chi connectivity index (χ1n) is 10.9. The van der Waals surface area contributed by atoms with Crippen molar-refractivity contribution in [2.45, 2.75) is 25.2 Å². The Hall–Kier alpha value is -2.91. The molecular formula is C25H28ClNO7. The van der Waals surface area contributed by atoms with Crippen LogP contribution in [-0.4, -0.2) is 56.8 Å². The fourth-order valence-corrected chi connectivity index (χ4v) is 3.54. The Morgan fingerprint density at radius 1 is 1.09 bits per heavy atom. The quantitative estimate of drug-likeness (QED) is 0.369. The van der Waals surface area contributed by atoms with E-state index in [0.717, 1.165) is 11.1 Å². The molecule has 9 heteroatoms. The van der Waals surface area contributed by atoms with Crippen molar-refractivity contribution in [3.05, 3.63) is 82.1 Å². The lowest BCUT2D eigenvalue weighted by Gasteiger charge is -2.29. The van der Waals surface area contributed by atoms with E-state index in [2.05, 4.69) is 5.32 Å². The fourth-order valence-electron chi connectivity index (χ4n) is 3.41. The minimum Gasteiger partial charge on any atom is -0.465 e. The number of rotatable bonds is 11. The zero-order chi connectivity index (χ0) is 24.3. The van der Waals surface area contributed by atoms with Gasteiger partial charge in [0.05, 0.1) is 39.1 Å². The van der Waals surface area contributed by atoms with E-state index in [1.54, 1.807) is 30.3 Å². The van der Waals surface area contributed by atoms with Crippen LogP contribution in [0.25, 0.3) is 0 Å². The van der Waals surface area contributed by atoms with Gasteiger partial charge in [0, 0.05) is 23.9 Å². The molecule has 2 aromatic carbocycles. The van der Waals surface area contributed by atoms with Gasteiger partial charge >= 0.3 is 5.97 Å². The number of ether oxygens (including phenoxy) is 4. The van der Waals surface area contributed by atoms with Crippen molar-refractivity contribution in [1.82, 2.24) is 5.32 Å². The molecule has 0 bridgehead atoms. The summed E-state index contributed by atoms with van der Waals surface area (Å²) in [7, 11) is 1.33. The molecule has 1 aliphatic heterocycles. The number of methoxy groups -OCH3 is 1. The van der Waals surface area contributed by atoms with Crippen molar-refractivity contribution in [2.75, 3.05) is 33.5 Å². The monoisotopic (exact) mass is 489 g/mol. The summed E-state index contributed by atoms with van der Waals surface area (Å²) in [6, 6.07) is 14.2. The number of carbonyl (C=O) groups excluding carboxylic acids is 2. The molecule has 34 heavy (non-hydrogen) atoms. The van der Waals surface area contributed by atoms with E-state index >= 15 is 0 Å². The maximum atomic E-state index is 12.9. The number of halogens is 1. The van der Waals surface area contributed by atoms with Gasteiger partial charge in [-0.05, 0) is 41.5 Å². The number of amides is 1. The molecule has 1 heterocycles. The molecule has 0 saturated heterocycles. The Morgan fingerprint density at radius 3 is 2.50 bits per heavy atom. The van der Waals surface area contributed by atoms with Crippen molar-refractivity contribution in [2.24, 2.45) is 0 Å². The van der Waals surface area contributed by atoms with Crippen LogP contribution in [0.1, 0.15) is 33.8 Å². The minimum atomic E-state index is -0.663. The first-order valence-corrected chi connectivity index (χ1v) is 11.3. The highest BCUT2D eigenvalue weighted by Gasteiger charge is 2.29. The summed E-state index contributed by atoms with van der Waals surface area (Å²) in [5.74, 6) is -0.792. The third-order valence-corrected chi connectivity index (χ3v) is 5.43. The van der Waals surface area contributed by atoms with Gasteiger partial charge in [-0.15, -0.1) is 0 Å². The smallest absolute Gasteiger partial charge is 0.337 e. The number of hydrogen-bond acceptors (Lipinski definition) is 7. The molecule has 0 saturated carbocycles. The first-order chi connectivity index (χ1) is 16.5. The SMILES string of the molecule is COC(=O)c1ccc([C@H]2C=C(C(=O)NCc3ccc(Cl)cc3)O[C@@H](OCCOCCO)C2)cc1. The van der Waals surface area contributed by atoms with Crippen LogP contribution in [0, 0.1) is 0 Å². The van der Waals surface area contributed by atoms with Crippen LogP contribution in [0.4, 0.5) is 0 Å². The number of carbonyl (C=O) groups is 2. The van der Waals surface area contributed by atoms with Gasteiger partial charge in [0.2, 0.25) is 6.29 Å². The summed E-state index contributed by atoms with van der Waals surface area (Å²) < 4.78 is 21.6.